The summed E-state index contributed by atoms with van der Waals surface area (Å²) in [5, 5.41) is 3.82. The van der Waals surface area contributed by atoms with E-state index in [0.29, 0.717) is 6.61 Å². The SMILES string of the molecule is Cc1c(C#CCNC(=O)OCC2c3ccccc3-c3ccccc32)ccc2cccnc12. The van der Waals surface area contributed by atoms with Crippen molar-refractivity contribution in [1.29, 1.82) is 0 Å². The molecule has 0 bridgehead atoms. The van der Waals surface area contributed by atoms with Crippen LogP contribution in [-0.2, 0) is 4.74 Å². The molecule has 1 amide bonds. The molecule has 0 saturated carbocycles. The summed E-state index contributed by atoms with van der Waals surface area (Å²) in [6.07, 6.45) is 1.32. The molecule has 0 atom stereocenters. The largest absolute Gasteiger partial charge is 0.449 e. The Morgan fingerprint density at radius 1 is 0.969 bits per heavy atom. The van der Waals surface area contributed by atoms with Gasteiger partial charge in [0.25, 0.3) is 0 Å². The molecule has 4 heteroatoms. The number of fused-ring (bicyclic) bond motifs is 4. The number of aryl methyl sites for hydroxylation is 1. The molecule has 1 N–H and O–H groups in total. The second kappa shape index (κ2) is 8.56. The third-order valence-corrected chi connectivity index (χ3v) is 5.92. The Morgan fingerprint density at radius 3 is 2.44 bits per heavy atom. The van der Waals surface area contributed by atoms with Gasteiger partial charge in [-0.05, 0) is 46.9 Å². The van der Waals surface area contributed by atoms with Crippen molar-refractivity contribution in [1.82, 2.24) is 10.3 Å². The number of carbonyl (C=O) groups excluding carboxylic acids is 1. The van der Waals surface area contributed by atoms with E-state index in [-0.39, 0.29) is 12.5 Å². The van der Waals surface area contributed by atoms with Crippen LogP contribution in [0.25, 0.3) is 22.0 Å². The number of amides is 1. The minimum absolute atomic E-state index is 0.0481. The number of rotatable bonds is 3. The lowest BCUT2D eigenvalue weighted by Gasteiger charge is -2.14. The molecule has 1 aliphatic carbocycles. The van der Waals surface area contributed by atoms with Crippen LogP contribution < -0.4 is 5.32 Å². The fraction of sp³-hybridized carbons (Fsp3) is 0.143. The number of nitrogens with one attached hydrogen (secondary N) is 1. The number of ether oxygens (including phenoxy) is 1. The third kappa shape index (κ3) is 3.70. The van der Waals surface area contributed by atoms with Crippen molar-refractivity contribution in [3.8, 4) is 23.0 Å². The average Bonchev–Trinajstić information content (AvgIpc) is 3.15. The third-order valence-electron chi connectivity index (χ3n) is 5.92. The Balaban J connectivity index is 1.21. The molecule has 156 valence electrons. The predicted octanol–water partition coefficient (Wildman–Crippen LogP) is 5.43. The maximum atomic E-state index is 12.3. The van der Waals surface area contributed by atoms with Gasteiger partial charge in [-0.2, -0.15) is 0 Å². The van der Waals surface area contributed by atoms with Crippen LogP contribution in [0.5, 0.6) is 0 Å². The zero-order valence-electron chi connectivity index (χ0n) is 17.8. The lowest BCUT2D eigenvalue weighted by molar-refractivity contribution is 0.144. The highest BCUT2D eigenvalue weighted by Gasteiger charge is 2.28. The van der Waals surface area contributed by atoms with Gasteiger partial charge in [0.2, 0.25) is 0 Å². The minimum Gasteiger partial charge on any atom is -0.449 e. The lowest BCUT2D eigenvalue weighted by Crippen LogP contribution is -2.26. The number of nitrogens with zero attached hydrogens (tertiary/aromatic N) is 1. The van der Waals surface area contributed by atoms with Crippen molar-refractivity contribution in [2.45, 2.75) is 12.8 Å². The van der Waals surface area contributed by atoms with E-state index in [0.717, 1.165) is 22.0 Å². The number of aromatic nitrogens is 1. The molecular formula is C28H22N2O2. The van der Waals surface area contributed by atoms with Crippen LogP contribution in [0.1, 0.15) is 28.2 Å². The molecular weight excluding hydrogens is 396 g/mol. The molecule has 32 heavy (non-hydrogen) atoms. The van der Waals surface area contributed by atoms with E-state index in [2.05, 4.69) is 46.4 Å². The first-order chi connectivity index (χ1) is 15.7. The highest BCUT2D eigenvalue weighted by Crippen LogP contribution is 2.44. The van der Waals surface area contributed by atoms with Gasteiger partial charge >= 0.3 is 6.09 Å². The second-order valence-corrected chi connectivity index (χ2v) is 7.79. The Kier molecular flexibility index (Phi) is 5.31. The van der Waals surface area contributed by atoms with Gasteiger partial charge in [0.05, 0.1) is 12.1 Å². The Labute approximate surface area is 187 Å². The Morgan fingerprint density at radius 2 is 1.69 bits per heavy atom. The van der Waals surface area contributed by atoms with Crippen LogP contribution in [0.4, 0.5) is 4.79 Å². The molecule has 0 aliphatic heterocycles. The van der Waals surface area contributed by atoms with E-state index in [1.54, 1.807) is 6.20 Å². The number of hydrogen-bond acceptors (Lipinski definition) is 3. The van der Waals surface area contributed by atoms with Gasteiger partial charge in [-0.15, -0.1) is 0 Å². The average molecular weight is 418 g/mol. The zero-order valence-corrected chi connectivity index (χ0v) is 17.8. The van der Waals surface area contributed by atoms with Gasteiger partial charge in [-0.25, -0.2) is 4.79 Å². The van der Waals surface area contributed by atoms with Crippen LogP contribution in [0.15, 0.2) is 79.0 Å². The van der Waals surface area contributed by atoms with Gasteiger partial charge in [-0.1, -0.05) is 72.5 Å². The summed E-state index contributed by atoms with van der Waals surface area (Å²) in [5.41, 5.74) is 7.71. The van der Waals surface area contributed by atoms with Crippen LogP contribution in [-0.4, -0.2) is 24.2 Å². The molecule has 4 aromatic rings. The van der Waals surface area contributed by atoms with Crippen LogP contribution >= 0.6 is 0 Å². The van der Waals surface area contributed by atoms with Crippen molar-refractivity contribution < 1.29 is 9.53 Å². The summed E-state index contributed by atoms with van der Waals surface area (Å²) in [5.74, 6) is 6.18. The molecule has 1 aromatic heterocycles. The molecule has 3 aromatic carbocycles. The zero-order chi connectivity index (χ0) is 21.9. The summed E-state index contributed by atoms with van der Waals surface area (Å²) in [6, 6.07) is 24.5. The quantitative estimate of drug-likeness (QED) is 0.451. The first kappa shape index (κ1) is 19.8. The fourth-order valence-electron chi connectivity index (χ4n) is 4.33. The molecule has 4 nitrogen and oxygen atoms in total. The van der Waals surface area contributed by atoms with E-state index < -0.39 is 6.09 Å². The first-order valence-electron chi connectivity index (χ1n) is 10.6. The first-order valence-corrected chi connectivity index (χ1v) is 10.6. The van der Waals surface area contributed by atoms with Crippen molar-refractivity contribution >= 4 is 17.0 Å². The highest BCUT2D eigenvalue weighted by molar-refractivity contribution is 5.83. The van der Waals surface area contributed by atoms with E-state index in [4.69, 9.17) is 4.74 Å². The molecule has 0 radical (unpaired) electrons. The molecule has 0 fully saturated rings. The maximum Gasteiger partial charge on any atom is 0.407 e. The van der Waals surface area contributed by atoms with Crippen LogP contribution in [0, 0.1) is 18.8 Å². The lowest BCUT2D eigenvalue weighted by atomic mass is 9.98. The molecule has 0 spiro atoms. The normalized spacial score (nSPS) is 11.9. The minimum atomic E-state index is -0.460. The van der Waals surface area contributed by atoms with E-state index in [1.807, 2.05) is 55.5 Å². The smallest absolute Gasteiger partial charge is 0.407 e. The number of alkyl carbamates (subject to hydrolysis) is 1. The monoisotopic (exact) mass is 418 g/mol. The maximum absolute atomic E-state index is 12.3. The molecule has 1 heterocycles. The van der Waals surface area contributed by atoms with E-state index in [9.17, 15) is 4.79 Å². The van der Waals surface area contributed by atoms with Gasteiger partial charge in [-0.3, -0.25) is 4.98 Å². The van der Waals surface area contributed by atoms with Crippen molar-refractivity contribution in [2.75, 3.05) is 13.2 Å². The summed E-state index contributed by atoms with van der Waals surface area (Å²) >= 11 is 0. The Hall–Kier alpha value is -4.10. The predicted molar refractivity (Wildman–Crippen MR) is 126 cm³/mol. The van der Waals surface area contributed by atoms with Crippen LogP contribution in [0.3, 0.4) is 0 Å². The molecule has 0 unspecified atom stereocenters. The van der Waals surface area contributed by atoms with Crippen molar-refractivity contribution in [3.63, 3.8) is 0 Å². The Bertz CT molecular complexity index is 1340. The summed E-state index contributed by atoms with van der Waals surface area (Å²) in [6.45, 7) is 2.53. The second-order valence-electron chi connectivity index (χ2n) is 7.79. The fourth-order valence-corrected chi connectivity index (χ4v) is 4.33. The number of hydrogen-bond donors (Lipinski definition) is 1. The van der Waals surface area contributed by atoms with Crippen LogP contribution in [0.2, 0.25) is 0 Å². The molecule has 0 saturated heterocycles. The van der Waals surface area contributed by atoms with Crippen molar-refractivity contribution in [2.24, 2.45) is 0 Å². The van der Waals surface area contributed by atoms with Crippen molar-refractivity contribution in [3.05, 3.63) is 101 Å². The number of carbonyl (C=O) groups is 1. The van der Waals surface area contributed by atoms with Gasteiger partial charge in [0.15, 0.2) is 0 Å². The van der Waals surface area contributed by atoms with Gasteiger partial charge in [0.1, 0.15) is 6.61 Å². The van der Waals surface area contributed by atoms with E-state index in [1.165, 1.54) is 22.3 Å². The number of benzene rings is 3. The molecule has 1 aliphatic rings. The highest BCUT2D eigenvalue weighted by atomic mass is 16.5. The standard InChI is InChI=1S/C28H22N2O2/c1-19-20(14-15-21-9-7-16-29-27(19)21)8-6-17-30-28(31)32-18-26-24-12-4-2-10-22(24)23-11-3-5-13-25(23)26/h2-5,7,9-16,26H,17-18H2,1H3,(H,30,31). The molecule has 5 rings (SSSR count). The summed E-state index contributed by atoms with van der Waals surface area (Å²) in [4.78, 5) is 16.7. The number of pyridine rings is 1. The summed E-state index contributed by atoms with van der Waals surface area (Å²) in [7, 11) is 0. The van der Waals surface area contributed by atoms with Gasteiger partial charge < -0.3 is 10.1 Å². The van der Waals surface area contributed by atoms with E-state index >= 15 is 0 Å². The van der Waals surface area contributed by atoms with Gasteiger partial charge in [0, 0.05) is 23.1 Å². The topological polar surface area (TPSA) is 51.2 Å². The summed E-state index contributed by atoms with van der Waals surface area (Å²) < 4.78 is 5.55.